The number of nitrogens with zero attached hydrogens (tertiary/aromatic N) is 3. The quantitative estimate of drug-likeness (QED) is 0.409. The molecular formula is C18H18BrN3O3S. The molecule has 0 fully saturated rings. The van der Waals surface area contributed by atoms with Crippen LogP contribution in [0.25, 0.3) is 0 Å². The highest BCUT2D eigenvalue weighted by molar-refractivity contribution is 8.13. The van der Waals surface area contributed by atoms with Gasteiger partial charge >= 0.3 is 5.17 Å². The molecule has 1 N–H and O–H groups in total. The normalized spacial score (nSPS) is 22.0. The Balaban J connectivity index is 0.00000196. The summed E-state index contributed by atoms with van der Waals surface area (Å²) >= 11 is 1.72. The van der Waals surface area contributed by atoms with Crippen LogP contribution in [-0.2, 0) is 5.72 Å². The lowest BCUT2D eigenvalue weighted by Crippen LogP contribution is -3.00. The Labute approximate surface area is 166 Å². The van der Waals surface area contributed by atoms with Crippen molar-refractivity contribution in [3.8, 4) is 0 Å². The number of benzene rings is 2. The third-order valence-electron chi connectivity index (χ3n) is 4.63. The van der Waals surface area contributed by atoms with Crippen molar-refractivity contribution in [3.63, 3.8) is 0 Å². The standard InChI is InChI=1S/C18H18N3O3S.BrH/c22-18(14-6-4-9-16(12-14)21(23)24)13-19(15-7-2-1-3-8-15)17-20(18)10-5-11-25-17;/h1-4,6-9,12,22H,5,10-11,13H2;1H/q+1;/p-1. The number of nitro benzene ring substituents is 1. The molecular weight excluding hydrogens is 418 g/mol. The lowest BCUT2D eigenvalue weighted by atomic mass is 10.0. The van der Waals surface area contributed by atoms with Crippen molar-refractivity contribution in [2.75, 3.05) is 23.7 Å². The summed E-state index contributed by atoms with van der Waals surface area (Å²) < 4.78 is 1.98. The maximum Gasteiger partial charge on any atom is 0.316 e. The second-order valence-electron chi connectivity index (χ2n) is 6.18. The predicted octanol–water partition coefficient (Wildman–Crippen LogP) is -0.230. The number of non-ortho nitro benzene ring substituents is 1. The average Bonchev–Trinajstić information content (AvgIpc) is 2.97. The molecule has 136 valence electrons. The zero-order valence-corrected chi connectivity index (χ0v) is 16.3. The molecule has 0 amide bonds. The Morgan fingerprint density at radius 1 is 1.19 bits per heavy atom. The van der Waals surface area contributed by atoms with Crippen LogP contribution in [0.4, 0.5) is 11.4 Å². The lowest BCUT2D eigenvalue weighted by Gasteiger charge is -2.24. The van der Waals surface area contributed by atoms with E-state index < -0.39 is 10.6 Å². The van der Waals surface area contributed by atoms with Gasteiger partial charge in [-0.05, 0) is 30.3 Å². The van der Waals surface area contributed by atoms with Gasteiger partial charge in [0.1, 0.15) is 5.69 Å². The number of anilines is 1. The molecule has 2 aliphatic rings. The van der Waals surface area contributed by atoms with Gasteiger partial charge in [0, 0.05) is 23.4 Å². The summed E-state index contributed by atoms with van der Waals surface area (Å²) in [4.78, 5) is 12.8. The van der Waals surface area contributed by atoms with Crippen molar-refractivity contribution in [1.29, 1.82) is 0 Å². The molecule has 1 unspecified atom stereocenters. The van der Waals surface area contributed by atoms with E-state index >= 15 is 0 Å². The van der Waals surface area contributed by atoms with E-state index in [1.165, 1.54) is 12.1 Å². The Bertz CT molecular complexity index is 862. The van der Waals surface area contributed by atoms with Gasteiger partial charge in [-0.15, -0.1) is 0 Å². The molecule has 0 aromatic heterocycles. The predicted molar refractivity (Wildman–Crippen MR) is 98.0 cm³/mol. The fourth-order valence-corrected chi connectivity index (χ4v) is 4.61. The Hall–Kier alpha value is -1.90. The molecule has 0 bridgehead atoms. The molecule has 6 nitrogen and oxygen atoms in total. The minimum absolute atomic E-state index is 0. The molecule has 0 saturated carbocycles. The Morgan fingerprint density at radius 3 is 2.69 bits per heavy atom. The number of para-hydroxylation sites is 1. The second-order valence-corrected chi connectivity index (χ2v) is 7.24. The number of amidine groups is 1. The van der Waals surface area contributed by atoms with E-state index in [-0.39, 0.29) is 22.7 Å². The third kappa shape index (κ3) is 3.13. The first-order valence-electron chi connectivity index (χ1n) is 8.17. The molecule has 4 rings (SSSR count). The van der Waals surface area contributed by atoms with Gasteiger partial charge in [-0.25, -0.2) is 9.48 Å². The number of aliphatic hydroxyl groups is 1. The van der Waals surface area contributed by atoms with E-state index in [9.17, 15) is 15.2 Å². The van der Waals surface area contributed by atoms with Crippen molar-refractivity contribution in [2.24, 2.45) is 0 Å². The van der Waals surface area contributed by atoms with E-state index in [1.54, 1.807) is 23.9 Å². The number of β-amino-alcohol motifs (C(OH)–C–C–N with tert-alkyl or cyclic N) is 1. The van der Waals surface area contributed by atoms with Crippen LogP contribution in [0.2, 0.25) is 0 Å². The second kappa shape index (κ2) is 7.38. The van der Waals surface area contributed by atoms with Crippen LogP contribution < -0.4 is 21.9 Å². The lowest BCUT2D eigenvalue weighted by molar-refractivity contribution is -0.656. The number of thioether (sulfide) groups is 1. The van der Waals surface area contributed by atoms with Crippen LogP contribution in [0.3, 0.4) is 0 Å². The molecule has 26 heavy (non-hydrogen) atoms. The van der Waals surface area contributed by atoms with E-state index in [0.29, 0.717) is 12.1 Å². The molecule has 0 spiro atoms. The van der Waals surface area contributed by atoms with E-state index in [4.69, 9.17) is 0 Å². The fourth-order valence-electron chi connectivity index (χ4n) is 3.43. The van der Waals surface area contributed by atoms with Crippen LogP contribution in [-0.4, -0.2) is 38.6 Å². The molecule has 2 aromatic carbocycles. The van der Waals surface area contributed by atoms with Crippen LogP contribution in [0.15, 0.2) is 54.6 Å². The molecule has 0 aliphatic carbocycles. The number of halogens is 1. The summed E-state index contributed by atoms with van der Waals surface area (Å²) in [6.07, 6.45) is 0.966. The summed E-state index contributed by atoms with van der Waals surface area (Å²) in [5.74, 6) is 1.00. The summed E-state index contributed by atoms with van der Waals surface area (Å²) in [6, 6.07) is 16.3. The Morgan fingerprint density at radius 2 is 1.96 bits per heavy atom. The SMILES string of the molecule is O=[N+]([O-])c1cccc(C2(O)CN(c3ccccc3)C3=[N+]2CCCS3)c1.[Br-]. The van der Waals surface area contributed by atoms with Crippen molar-refractivity contribution < 1.29 is 31.6 Å². The van der Waals surface area contributed by atoms with Gasteiger partial charge in [0.05, 0.1) is 11.5 Å². The van der Waals surface area contributed by atoms with Crippen molar-refractivity contribution >= 4 is 28.3 Å². The van der Waals surface area contributed by atoms with Crippen LogP contribution in [0, 0.1) is 10.1 Å². The van der Waals surface area contributed by atoms with Crippen LogP contribution in [0.5, 0.6) is 0 Å². The first kappa shape index (κ1) is 18.9. The van der Waals surface area contributed by atoms with Crippen molar-refractivity contribution in [2.45, 2.75) is 12.1 Å². The number of rotatable bonds is 3. The molecule has 2 aromatic rings. The number of nitro groups is 1. The summed E-state index contributed by atoms with van der Waals surface area (Å²) in [5.41, 5.74) is 0.290. The van der Waals surface area contributed by atoms with Crippen LogP contribution >= 0.6 is 11.8 Å². The summed E-state index contributed by atoms with van der Waals surface area (Å²) in [5, 5.41) is 23.7. The van der Waals surface area contributed by atoms with Gasteiger partial charge in [0.2, 0.25) is 0 Å². The van der Waals surface area contributed by atoms with Gasteiger partial charge in [-0.2, -0.15) is 0 Å². The molecule has 8 heteroatoms. The van der Waals surface area contributed by atoms with Gasteiger partial charge in [0.25, 0.3) is 11.4 Å². The maximum atomic E-state index is 11.5. The van der Waals surface area contributed by atoms with E-state index in [1.807, 2.05) is 34.9 Å². The average molecular weight is 436 g/mol. The maximum absolute atomic E-state index is 11.5. The van der Waals surface area contributed by atoms with E-state index in [2.05, 4.69) is 4.90 Å². The first-order chi connectivity index (χ1) is 12.1. The Kier molecular flexibility index (Phi) is 5.36. The van der Waals surface area contributed by atoms with Crippen molar-refractivity contribution in [1.82, 2.24) is 0 Å². The fraction of sp³-hybridized carbons (Fsp3) is 0.278. The monoisotopic (exact) mass is 435 g/mol. The van der Waals surface area contributed by atoms with Crippen LogP contribution in [0.1, 0.15) is 12.0 Å². The smallest absolute Gasteiger partial charge is 0.316 e. The third-order valence-corrected chi connectivity index (χ3v) is 5.82. The highest BCUT2D eigenvalue weighted by Crippen LogP contribution is 2.38. The zero-order valence-electron chi connectivity index (χ0n) is 13.9. The molecule has 2 heterocycles. The zero-order chi connectivity index (χ0) is 17.4. The largest absolute Gasteiger partial charge is 1.00 e. The minimum Gasteiger partial charge on any atom is -1.00 e. The van der Waals surface area contributed by atoms with Gasteiger partial charge in [0.15, 0.2) is 6.54 Å². The van der Waals surface area contributed by atoms with Gasteiger partial charge < -0.3 is 22.1 Å². The summed E-state index contributed by atoms with van der Waals surface area (Å²) in [6.45, 7) is 1.07. The molecule has 0 saturated heterocycles. The topological polar surface area (TPSA) is 69.6 Å². The highest BCUT2D eigenvalue weighted by Gasteiger charge is 2.53. The highest BCUT2D eigenvalue weighted by atomic mass is 79.9. The molecule has 0 radical (unpaired) electrons. The first-order valence-corrected chi connectivity index (χ1v) is 9.15. The summed E-state index contributed by atoms with van der Waals surface area (Å²) in [7, 11) is 0. The number of hydrogen-bond acceptors (Lipinski definition) is 5. The van der Waals surface area contributed by atoms with Crippen molar-refractivity contribution in [3.05, 3.63) is 70.3 Å². The van der Waals surface area contributed by atoms with Gasteiger partial charge in [-0.1, -0.05) is 30.3 Å². The molecule has 1 atom stereocenters. The van der Waals surface area contributed by atoms with E-state index in [0.717, 1.165) is 29.6 Å². The minimum atomic E-state index is -1.27. The number of hydrogen-bond donors (Lipinski definition) is 1. The molecule has 2 aliphatic heterocycles. The van der Waals surface area contributed by atoms with Gasteiger partial charge in [-0.3, -0.25) is 10.1 Å².